The highest BCUT2D eigenvalue weighted by molar-refractivity contribution is 14.0. The van der Waals surface area contributed by atoms with Crippen molar-refractivity contribution in [1.82, 2.24) is 15.5 Å². The summed E-state index contributed by atoms with van der Waals surface area (Å²) in [7, 11) is 3.47. The van der Waals surface area contributed by atoms with E-state index >= 15 is 0 Å². The molecule has 0 aromatic heterocycles. The van der Waals surface area contributed by atoms with Gasteiger partial charge in [-0.25, -0.2) is 4.99 Å². The predicted octanol–water partition coefficient (Wildman–Crippen LogP) is 3.04. The maximum atomic E-state index is 11.9. The summed E-state index contributed by atoms with van der Waals surface area (Å²) in [6.45, 7) is 5.00. The number of guanidine groups is 1. The second kappa shape index (κ2) is 12.5. The standard InChI is InChI=1S/C20H31ClN4O2.HI/c1-4-27-13-7-12-22-19(23-14-18(26)25(2)3)24-15-20(10-11-20)16-8-5-6-9-17(16)21;/h5-6,8-9H,4,7,10-15H2,1-3H3,(H2,22,23,24);1H. The van der Waals surface area contributed by atoms with Crippen molar-refractivity contribution in [2.45, 2.75) is 31.6 Å². The first-order chi connectivity index (χ1) is 13.0. The summed E-state index contributed by atoms with van der Waals surface area (Å²) in [6, 6.07) is 8.01. The van der Waals surface area contributed by atoms with Gasteiger partial charge in [0, 0.05) is 50.8 Å². The van der Waals surface area contributed by atoms with Gasteiger partial charge in [-0.05, 0) is 37.8 Å². The minimum atomic E-state index is -0.0299. The van der Waals surface area contributed by atoms with Crippen LogP contribution < -0.4 is 10.6 Å². The fraction of sp³-hybridized carbons (Fsp3) is 0.600. The predicted molar refractivity (Wildman–Crippen MR) is 126 cm³/mol. The zero-order chi connectivity index (χ0) is 19.7. The highest BCUT2D eigenvalue weighted by atomic mass is 127. The second-order valence-electron chi connectivity index (χ2n) is 7.04. The van der Waals surface area contributed by atoms with Crippen LogP contribution in [0.25, 0.3) is 0 Å². The number of ether oxygens (including phenoxy) is 1. The third-order valence-electron chi connectivity index (χ3n) is 4.73. The Morgan fingerprint density at radius 3 is 2.61 bits per heavy atom. The van der Waals surface area contributed by atoms with Crippen molar-refractivity contribution in [3.05, 3.63) is 34.9 Å². The zero-order valence-electron chi connectivity index (χ0n) is 17.0. The maximum Gasteiger partial charge on any atom is 0.243 e. The molecule has 0 aliphatic heterocycles. The molecule has 1 amide bonds. The van der Waals surface area contributed by atoms with Crippen molar-refractivity contribution in [3.8, 4) is 0 Å². The fourth-order valence-electron chi connectivity index (χ4n) is 2.82. The molecular weight excluding hydrogens is 491 g/mol. The maximum absolute atomic E-state index is 11.9. The number of hydrogen-bond acceptors (Lipinski definition) is 3. The number of aliphatic imine (C=N–C) groups is 1. The van der Waals surface area contributed by atoms with Gasteiger partial charge < -0.3 is 20.3 Å². The first-order valence-corrected chi connectivity index (χ1v) is 9.91. The molecule has 0 saturated heterocycles. The van der Waals surface area contributed by atoms with Crippen molar-refractivity contribution in [3.63, 3.8) is 0 Å². The Morgan fingerprint density at radius 2 is 2.00 bits per heavy atom. The highest BCUT2D eigenvalue weighted by Gasteiger charge is 2.45. The minimum absolute atomic E-state index is 0. The number of carbonyl (C=O) groups is 1. The smallest absolute Gasteiger partial charge is 0.243 e. The summed E-state index contributed by atoms with van der Waals surface area (Å²) in [6.07, 6.45) is 3.07. The summed E-state index contributed by atoms with van der Waals surface area (Å²) in [5.41, 5.74) is 1.23. The van der Waals surface area contributed by atoms with Gasteiger partial charge in [0.15, 0.2) is 5.96 Å². The van der Waals surface area contributed by atoms with Crippen molar-refractivity contribution in [2.24, 2.45) is 4.99 Å². The molecule has 6 nitrogen and oxygen atoms in total. The Balaban J connectivity index is 0.00000392. The molecule has 158 valence electrons. The number of amides is 1. The van der Waals surface area contributed by atoms with Crippen LogP contribution >= 0.6 is 35.6 Å². The summed E-state index contributed by atoms with van der Waals surface area (Å²) >= 11 is 6.40. The Bertz CT molecular complexity index is 651. The van der Waals surface area contributed by atoms with Crippen LogP contribution in [0.2, 0.25) is 5.02 Å². The van der Waals surface area contributed by atoms with Crippen LogP contribution in [0, 0.1) is 0 Å². The first kappa shape index (κ1) is 25.0. The molecule has 1 fully saturated rings. The van der Waals surface area contributed by atoms with E-state index in [0.29, 0.717) is 12.6 Å². The lowest BCUT2D eigenvalue weighted by atomic mass is 9.96. The molecule has 0 heterocycles. The largest absolute Gasteiger partial charge is 0.382 e. The number of nitrogens with zero attached hydrogens (tertiary/aromatic N) is 2. The molecular formula is C20H32ClIN4O2. The number of carbonyl (C=O) groups excluding carboxylic acids is 1. The van der Waals surface area contributed by atoms with E-state index in [1.54, 1.807) is 19.0 Å². The Hall–Kier alpha value is -1.06. The quantitative estimate of drug-likeness (QED) is 0.215. The van der Waals surface area contributed by atoms with Crippen molar-refractivity contribution >= 4 is 47.4 Å². The van der Waals surface area contributed by atoms with Gasteiger partial charge in [-0.3, -0.25) is 4.79 Å². The third-order valence-corrected chi connectivity index (χ3v) is 5.06. The van der Waals surface area contributed by atoms with E-state index in [0.717, 1.165) is 44.0 Å². The van der Waals surface area contributed by atoms with E-state index in [1.807, 2.05) is 25.1 Å². The van der Waals surface area contributed by atoms with Gasteiger partial charge >= 0.3 is 0 Å². The number of likely N-dealkylation sites (N-methyl/N-ethyl adjacent to an activating group) is 1. The molecule has 0 atom stereocenters. The van der Waals surface area contributed by atoms with Gasteiger partial charge in [0.05, 0.1) is 0 Å². The van der Waals surface area contributed by atoms with Crippen LogP contribution in [0.1, 0.15) is 31.7 Å². The van der Waals surface area contributed by atoms with E-state index in [-0.39, 0.29) is 41.8 Å². The van der Waals surface area contributed by atoms with E-state index in [9.17, 15) is 4.79 Å². The van der Waals surface area contributed by atoms with Crippen molar-refractivity contribution in [2.75, 3.05) is 46.9 Å². The molecule has 1 aromatic rings. The molecule has 2 rings (SSSR count). The topological polar surface area (TPSA) is 66.0 Å². The van der Waals surface area contributed by atoms with Crippen LogP contribution in [-0.4, -0.2) is 63.7 Å². The van der Waals surface area contributed by atoms with E-state index in [1.165, 1.54) is 5.56 Å². The lowest BCUT2D eigenvalue weighted by Crippen LogP contribution is -2.42. The van der Waals surface area contributed by atoms with E-state index in [4.69, 9.17) is 16.3 Å². The Kier molecular flexibility index (Phi) is 11.1. The number of benzene rings is 1. The van der Waals surface area contributed by atoms with Gasteiger partial charge in [0.1, 0.15) is 6.54 Å². The van der Waals surface area contributed by atoms with Gasteiger partial charge in [0.2, 0.25) is 5.91 Å². The second-order valence-corrected chi connectivity index (χ2v) is 7.45. The summed E-state index contributed by atoms with van der Waals surface area (Å²) in [5, 5.41) is 7.50. The number of hydrogen-bond donors (Lipinski definition) is 2. The molecule has 1 aromatic carbocycles. The third kappa shape index (κ3) is 7.75. The number of nitrogens with one attached hydrogen (secondary N) is 2. The van der Waals surface area contributed by atoms with Gasteiger partial charge in [-0.15, -0.1) is 24.0 Å². The van der Waals surface area contributed by atoms with Crippen molar-refractivity contribution in [1.29, 1.82) is 0 Å². The number of halogens is 2. The number of rotatable bonds is 10. The molecule has 1 aliphatic carbocycles. The molecule has 0 bridgehead atoms. The monoisotopic (exact) mass is 522 g/mol. The molecule has 1 aliphatic rings. The van der Waals surface area contributed by atoms with Crippen LogP contribution in [0.4, 0.5) is 0 Å². The van der Waals surface area contributed by atoms with Gasteiger partial charge in [0.25, 0.3) is 0 Å². The fourth-order valence-corrected chi connectivity index (χ4v) is 3.16. The van der Waals surface area contributed by atoms with Gasteiger partial charge in [-0.2, -0.15) is 0 Å². The molecule has 0 spiro atoms. The van der Waals surface area contributed by atoms with Crippen LogP contribution in [-0.2, 0) is 14.9 Å². The lowest BCUT2D eigenvalue weighted by molar-refractivity contribution is -0.127. The Morgan fingerprint density at radius 1 is 1.29 bits per heavy atom. The van der Waals surface area contributed by atoms with Crippen LogP contribution in [0.5, 0.6) is 0 Å². The normalized spacial score (nSPS) is 14.8. The van der Waals surface area contributed by atoms with Gasteiger partial charge in [-0.1, -0.05) is 29.8 Å². The summed E-state index contributed by atoms with van der Waals surface area (Å²) < 4.78 is 5.36. The zero-order valence-corrected chi connectivity index (χ0v) is 20.0. The summed E-state index contributed by atoms with van der Waals surface area (Å²) in [4.78, 5) is 17.9. The molecule has 1 saturated carbocycles. The molecule has 0 unspecified atom stereocenters. The summed E-state index contributed by atoms with van der Waals surface area (Å²) in [5.74, 6) is 0.623. The van der Waals surface area contributed by atoms with E-state index in [2.05, 4.69) is 21.7 Å². The molecule has 28 heavy (non-hydrogen) atoms. The highest BCUT2D eigenvalue weighted by Crippen LogP contribution is 2.49. The first-order valence-electron chi connectivity index (χ1n) is 9.53. The SMILES string of the molecule is CCOCCCNC(=NCC(=O)N(C)C)NCC1(c2ccccc2Cl)CC1.I. The molecule has 0 radical (unpaired) electrons. The van der Waals surface area contributed by atoms with Crippen molar-refractivity contribution < 1.29 is 9.53 Å². The van der Waals surface area contributed by atoms with Crippen LogP contribution in [0.15, 0.2) is 29.3 Å². The average molecular weight is 523 g/mol. The Labute approximate surface area is 190 Å². The minimum Gasteiger partial charge on any atom is -0.382 e. The average Bonchev–Trinajstić information content (AvgIpc) is 3.44. The lowest BCUT2D eigenvalue weighted by Gasteiger charge is -2.20. The molecule has 2 N–H and O–H groups in total. The van der Waals surface area contributed by atoms with Crippen LogP contribution in [0.3, 0.4) is 0 Å². The molecule has 8 heteroatoms. The van der Waals surface area contributed by atoms with E-state index < -0.39 is 0 Å².